The predicted octanol–water partition coefficient (Wildman–Crippen LogP) is 3.04. The van der Waals surface area contributed by atoms with Gasteiger partial charge in [-0.3, -0.25) is 0 Å². The van der Waals surface area contributed by atoms with Crippen LogP contribution in [0.15, 0.2) is 22.7 Å². The molecule has 66 valence electrons. The summed E-state index contributed by atoms with van der Waals surface area (Å²) in [7, 11) is 0. The number of carbonyl (C=O) groups excluding carboxylic acids is 1. The number of hydrogen-bond acceptors (Lipinski definition) is 1. The third kappa shape index (κ3) is 3.22. The van der Waals surface area contributed by atoms with E-state index in [0.717, 1.165) is 16.3 Å². The van der Waals surface area contributed by atoms with Gasteiger partial charge in [-0.2, -0.15) is 0 Å². The number of aldehydes is 1. The maximum Gasteiger partial charge on any atom is 0.131 e. The van der Waals surface area contributed by atoms with Gasteiger partial charge in [0.25, 0.3) is 0 Å². The lowest BCUT2D eigenvalue weighted by Gasteiger charge is -1.95. The number of hydrogen-bond donors (Lipinski definition) is 0. The Morgan fingerprint density at radius 1 is 1.54 bits per heavy atom. The molecule has 0 spiro atoms. The highest BCUT2D eigenvalue weighted by Crippen LogP contribution is 2.20. The summed E-state index contributed by atoms with van der Waals surface area (Å²) in [6.45, 7) is 0. The molecule has 1 rings (SSSR count). The van der Waals surface area contributed by atoms with E-state index in [9.17, 15) is 4.79 Å². The van der Waals surface area contributed by atoms with E-state index in [0.29, 0.717) is 5.02 Å². The van der Waals surface area contributed by atoms with Gasteiger partial charge in [0.05, 0.1) is 11.4 Å². The van der Waals surface area contributed by atoms with Crippen molar-refractivity contribution in [2.24, 2.45) is 0 Å². The van der Waals surface area contributed by atoms with Crippen LogP contribution in [0.5, 0.6) is 0 Å². The van der Waals surface area contributed by atoms with Crippen molar-refractivity contribution in [3.05, 3.63) is 33.3 Å². The van der Waals surface area contributed by atoms with Gasteiger partial charge in [-0.1, -0.05) is 39.4 Å². The van der Waals surface area contributed by atoms with Gasteiger partial charge in [-0.05, 0) is 18.2 Å². The van der Waals surface area contributed by atoms with Crippen LogP contribution in [0.3, 0.4) is 0 Å². The van der Waals surface area contributed by atoms with Gasteiger partial charge in [0.2, 0.25) is 0 Å². The van der Waals surface area contributed by atoms with Gasteiger partial charge in [-0.15, -0.1) is 0 Å². The van der Waals surface area contributed by atoms with Crippen LogP contribution in [0.1, 0.15) is 12.0 Å². The van der Waals surface area contributed by atoms with Gasteiger partial charge in [-0.25, -0.2) is 0 Å². The van der Waals surface area contributed by atoms with Crippen molar-refractivity contribution < 1.29 is 4.79 Å². The fourth-order valence-electron chi connectivity index (χ4n) is 0.779. The summed E-state index contributed by atoms with van der Waals surface area (Å²) in [5, 5.41) is 0.591. The summed E-state index contributed by atoms with van der Waals surface area (Å²) in [5.41, 5.74) is 0.742. The Hall–Kier alpha value is -0.780. The van der Waals surface area contributed by atoms with E-state index in [2.05, 4.69) is 27.8 Å². The minimum absolute atomic E-state index is 0.242. The first-order valence-electron chi connectivity index (χ1n) is 3.61. The first kappa shape index (κ1) is 10.3. The third-order valence-electron chi connectivity index (χ3n) is 1.34. The van der Waals surface area contributed by atoms with Crippen LogP contribution < -0.4 is 0 Å². The molecule has 0 aliphatic rings. The van der Waals surface area contributed by atoms with Crippen LogP contribution in [0.25, 0.3) is 0 Å². The number of benzene rings is 1. The summed E-state index contributed by atoms with van der Waals surface area (Å²) in [6, 6.07) is 5.44. The van der Waals surface area contributed by atoms with Crippen LogP contribution >= 0.6 is 27.5 Å². The van der Waals surface area contributed by atoms with E-state index in [4.69, 9.17) is 11.6 Å². The fourth-order valence-corrected chi connectivity index (χ4v) is 1.50. The molecule has 3 heteroatoms. The Morgan fingerprint density at radius 2 is 2.31 bits per heavy atom. The molecule has 0 atom stereocenters. The molecular formula is C10H6BrClO. The molecule has 0 saturated heterocycles. The third-order valence-corrected chi connectivity index (χ3v) is 2.15. The van der Waals surface area contributed by atoms with Crippen molar-refractivity contribution in [3.63, 3.8) is 0 Å². The smallest absolute Gasteiger partial charge is 0.131 e. The minimum Gasteiger partial charge on any atom is -0.302 e. The van der Waals surface area contributed by atoms with Gasteiger partial charge in [0, 0.05) is 10.0 Å². The molecule has 0 unspecified atom stereocenters. The second kappa shape index (κ2) is 5.06. The largest absolute Gasteiger partial charge is 0.302 e. The predicted molar refractivity (Wildman–Crippen MR) is 56.7 cm³/mol. The zero-order valence-electron chi connectivity index (χ0n) is 6.68. The van der Waals surface area contributed by atoms with Gasteiger partial charge in [0.1, 0.15) is 6.29 Å². The van der Waals surface area contributed by atoms with Crippen LogP contribution in [0.2, 0.25) is 5.02 Å². The average molecular weight is 258 g/mol. The van der Waals surface area contributed by atoms with Crippen molar-refractivity contribution >= 4 is 33.8 Å². The molecule has 0 aromatic heterocycles. The lowest BCUT2D eigenvalue weighted by atomic mass is 10.2. The van der Waals surface area contributed by atoms with Crippen molar-refractivity contribution in [2.45, 2.75) is 6.42 Å². The molecule has 0 aliphatic carbocycles. The molecule has 1 nitrogen and oxygen atoms in total. The van der Waals surface area contributed by atoms with Gasteiger partial charge >= 0.3 is 0 Å². The Kier molecular flexibility index (Phi) is 4.01. The van der Waals surface area contributed by atoms with E-state index in [1.807, 2.05) is 12.1 Å². The molecule has 0 heterocycles. The molecule has 0 fully saturated rings. The SMILES string of the molecule is O=CCC#Cc1ccc(Br)cc1Cl. The highest BCUT2D eigenvalue weighted by atomic mass is 79.9. The standard InChI is InChI=1S/C10H6BrClO/c11-9-5-4-8(10(12)7-9)3-1-2-6-13/h4-7H,2H2. The van der Waals surface area contributed by atoms with Gasteiger partial charge in [0.15, 0.2) is 0 Å². The average Bonchev–Trinajstić information content (AvgIpc) is 2.09. The lowest BCUT2D eigenvalue weighted by Crippen LogP contribution is -1.77. The summed E-state index contributed by atoms with van der Waals surface area (Å²) in [5.74, 6) is 5.50. The molecule has 0 amide bonds. The van der Waals surface area contributed by atoms with Crippen LogP contribution in [-0.2, 0) is 4.79 Å². The Bertz CT molecular complexity index is 376. The van der Waals surface area contributed by atoms with E-state index in [1.54, 1.807) is 6.07 Å². The Morgan fingerprint density at radius 3 is 2.92 bits per heavy atom. The molecule has 0 aliphatic heterocycles. The van der Waals surface area contributed by atoms with Crippen LogP contribution in [0.4, 0.5) is 0 Å². The molecule has 0 radical (unpaired) electrons. The molecule has 1 aromatic carbocycles. The minimum atomic E-state index is 0.242. The van der Waals surface area contributed by atoms with E-state index in [1.165, 1.54) is 0 Å². The maximum absolute atomic E-state index is 9.99. The molecule has 0 saturated carbocycles. The fraction of sp³-hybridized carbons (Fsp3) is 0.100. The normalized spacial score (nSPS) is 8.77. The van der Waals surface area contributed by atoms with E-state index < -0.39 is 0 Å². The van der Waals surface area contributed by atoms with E-state index >= 15 is 0 Å². The number of rotatable bonds is 1. The molecule has 13 heavy (non-hydrogen) atoms. The molecule has 0 bridgehead atoms. The zero-order chi connectivity index (χ0) is 9.68. The van der Waals surface area contributed by atoms with Crippen molar-refractivity contribution in [1.29, 1.82) is 0 Å². The number of halogens is 2. The molecular weight excluding hydrogens is 251 g/mol. The zero-order valence-corrected chi connectivity index (χ0v) is 9.02. The van der Waals surface area contributed by atoms with Crippen molar-refractivity contribution in [1.82, 2.24) is 0 Å². The summed E-state index contributed by atoms with van der Waals surface area (Å²) >= 11 is 9.18. The van der Waals surface area contributed by atoms with Crippen LogP contribution in [-0.4, -0.2) is 6.29 Å². The Balaban J connectivity index is 2.91. The lowest BCUT2D eigenvalue weighted by molar-refractivity contribution is -0.107. The maximum atomic E-state index is 9.99. The molecule has 1 aromatic rings. The second-order valence-electron chi connectivity index (χ2n) is 2.30. The van der Waals surface area contributed by atoms with Gasteiger partial charge < -0.3 is 4.79 Å². The highest BCUT2D eigenvalue weighted by Gasteiger charge is 1.96. The summed E-state index contributed by atoms with van der Waals surface area (Å²) in [6.07, 6.45) is 1.01. The highest BCUT2D eigenvalue weighted by molar-refractivity contribution is 9.10. The quantitative estimate of drug-likeness (QED) is 0.558. The molecule has 0 N–H and O–H groups in total. The first-order valence-corrected chi connectivity index (χ1v) is 4.78. The van der Waals surface area contributed by atoms with Crippen LogP contribution in [0, 0.1) is 11.8 Å². The van der Waals surface area contributed by atoms with E-state index in [-0.39, 0.29) is 6.42 Å². The van der Waals surface area contributed by atoms with Crippen molar-refractivity contribution in [2.75, 3.05) is 0 Å². The Labute approximate surface area is 90.2 Å². The first-order chi connectivity index (χ1) is 6.24. The second-order valence-corrected chi connectivity index (χ2v) is 3.62. The topological polar surface area (TPSA) is 17.1 Å². The monoisotopic (exact) mass is 256 g/mol. The summed E-state index contributed by atoms with van der Waals surface area (Å²) < 4.78 is 0.915. The number of carbonyl (C=O) groups is 1. The van der Waals surface area contributed by atoms with Crippen molar-refractivity contribution in [3.8, 4) is 11.8 Å². The summed E-state index contributed by atoms with van der Waals surface area (Å²) in [4.78, 5) is 9.99.